The Labute approximate surface area is 179 Å². The van der Waals surface area contributed by atoms with Gasteiger partial charge in [-0.15, -0.1) is 0 Å². The van der Waals surface area contributed by atoms with Crippen LogP contribution in [0.3, 0.4) is 0 Å². The second kappa shape index (κ2) is 11.5. The van der Waals surface area contributed by atoms with Crippen LogP contribution in [0.1, 0.15) is 22.3 Å². The second-order valence-electron chi connectivity index (χ2n) is 7.18. The molecule has 0 aliphatic carbocycles. The molecule has 2 nitrogen and oxygen atoms in total. The maximum Gasteiger partial charge on any atom is 0.120 e. The molecule has 0 fully saturated rings. The number of hydrogen-bond acceptors (Lipinski definition) is 2. The molecule has 0 atom stereocenters. The van der Waals surface area contributed by atoms with Crippen LogP contribution in [-0.2, 0) is 13.2 Å². The first-order valence-electron chi connectivity index (χ1n) is 10.2. The van der Waals surface area contributed by atoms with Crippen molar-refractivity contribution in [1.82, 2.24) is 0 Å². The van der Waals surface area contributed by atoms with E-state index in [4.69, 9.17) is 9.47 Å². The zero-order chi connectivity index (χ0) is 21.0. The summed E-state index contributed by atoms with van der Waals surface area (Å²) >= 11 is 0. The molecular formula is C28H28O2. The summed E-state index contributed by atoms with van der Waals surface area (Å²) in [6, 6.07) is 36.6. The van der Waals surface area contributed by atoms with Gasteiger partial charge in [0.25, 0.3) is 0 Å². The largest absolute Gasteiger partial charge is 0.489 e. The van der Waals surface area contributed by atoms with E-state index in [0.717, 1.165) is 11.5 Å². The highest BCUT2D eigenvalue weighted by Gasteiger charge is 1.95. The molecule has 0 aromatic heterocycles. The van der Waals surface area contributed by atoms with Gasteiger partial charge in [0.1, 0.15) is 24.7 Å². The fourth-order valence-corrected chi connectivity index (χ4v) is 2.82. The number of benzene rings is 4. The Hall–Kier alpha value is -3.52. The highest BCUT2D eigenvalue weighted by molar-refractivity contribution is 5.28. The van der Waals surface area contributed by atoms with Gasteiger partial charge in [-0.2, -0.15) is 0 Å². The molecule has 0 amide bonds. The lowest BCUT2D eigenvalue weighted by atomic mass is 10.2. The molecule has 0 spiro atoms. The predicted molar refractivity (Wildman–Crippen MR) is 124 cm³/mol. The van der Waals surface area contributed by atoms with Crippen LogP contribution in [0, 0.1) is 13.8 Å². The molecule has 4 aromatic rings. The highest BCUT2D eigenvalue weighted by Crippen LogP contribution is 2.15. The summed E-state index contributed by atoms with van der Waals surface area (Å²) in [6.45, 7) is 5.39. The minimum atomic E-state index is 0.629. The van der Waals surface area contributed by atoms with Crippen LogP contribution in [0.2, 0.25) is 0 Å². The second-order valence-corrected chi connectivity index (χ2v) is 7.18. The quantitative estimate of drug-likeness (QED) is 0.344. The Kier molecular flexibility index (Phi) is 8.11. The van der Waals surface area contributed by atoms with Crippen molar-refractivity contribution < 1.29 is 9.47 Å². The van der Waals surface area contributed by atoms with Crippen LogP contribution in [0.25, 0.3) is 0 Å². The van der Waals surface area contributed by atoms with Crippen LogP contribution < -0.4 is 9.47 Å². The Morgan fingerprint density at radius 2 is 1.00 bits per heavy atom. The summed E-state index contributed by atoms with van der Waals surface area (Å²) in [7, 11) is 0. The van der Waals surface area contributed by atoms with Gasteiger partial charge in [0.05, 0.1) is 0 Å². The first kappa shape index (κ1) is 21.2. The van der Waals surface area contributed by atoms with Crippen LogP contribution in [0.4, 0.5) is 0 Å². The molecule has 0 heterocycles. The summed E-state index contributed by atoms with van der Waals surface area (Å²) in [5, 5.41) is 0. The number of rotatable bonds is 6. The van der Waals surface area contributed by atoms with E-state index in [1.807, 2.05) is 66.7 Å². The minimum absolute atomic E-state index is 0.629. The Balaban J connectivity index is 0.000000171. The van der Waals surface area contributed by atoms with Crippen molar-refractivity contribution in [2.24, 2.45) is 0 Å². The molecule has 0 unspecified atom stereocenters. The maximum atomic E-state index is 5.67. The van der Waals surface area contributed by atoms with Gasteiger partial charge >= 0.3 is 0 Å². The molecule has 30 heavy (non-hydrogen) atoms. The third kappa shape index (κ3) is 7.48. The van der Waals surface area contributed by atoms with E-state index >= 15 is 0 Å². The van der Waals surface area contributed by atoms with Gasteiger partial charge in [-0.05, 0) is 54.8 Å². The zero-order valence-corrected chi connectivity index (χ0v) is 17.6. The molecule has 4 aromatic carbocycles. The fourth-order valence-electron chi connectivity index (χ4n) is 2.82. The number of aryl methyl sites for hydroxylation is 2. The normalized spacial score (nSPS) is 9.93. The monoisotopic (exact) mass is 396 g/mol. The zero-order valence-electron chi connectivity index (χ0n) is 17.6. The molecule has 0 bridgehead atoms. The number of ether oxygens (including phenoxy) is 2. The van der Waals surface area contributed by atoms with Crippen LogP contribution in [0.15, 0.2) is 109 Å². The summed E-state index contributed by atoms with van der Waals surface area (Å²) in [4.78, 5) is 0. The van der Waals surface area contributed by atoms with Gasteiger partial charge < -0.3 is 9.47 Å². The third-order valence-electron chi connectivity index (χ3n) is 4.51. The van der Waals surface area contributed by atoms with Gasteiger partial charge in [-0.25, -0.2) is 0 Å². The van der Waals surface area contributed by atoms with Gasteiger partial charge in [0.15, 0.2) is 0 Å². The van der Waals surface area contributed by atoms with E-state index in [-0.39, 0.29) is 0 Å². The average molecular weight is 397 g/mol. The Morgan fingerprint density at radius 1 is 0.467 bits per heavy atom. The van der Waals surface area contributed by atoms with Crippen molar-refractivity contribution in [3.05, 3.63) is 131 Å². The number of hydrogen-bond donors (Lipinski definition) is 0. The molecule has 4 rings (SSSR count). The first-order chi connectivity index (χ1) is 14.7. The minimum Gasteiger partial charge on any atom is -0.489 e. The molecule has 0 saturated carbocycles. The maximum absolute atomic E-state index is 5.67. The van der Waals surface area contributed by atoms with E-state index in [1.165, 1.54) is 22.3 Å². The average Bonchev–Trinajstić information content (AvgIpc) is 2.79. The lowest BCUT2D eigenvalue weighted by Gasteiger charge is -2.06. The molecular weight excluding hydrogens is 368 g/mol. The topological polar surface area (TPSA) is 18.5 Å². The van der Waals surface area contributed by atoms with Crippen molar-refractivity contribution in [2.45, 2.75) is 27.1 Å². The summed E-state index contributed by atoms with van der Waals surface area (Å²) in [5.74, 6) is 1.85. The van der Waals surface area contributed by atoms with E-state index in [1.54, 1.807) is 0 Å². The Bertz CT molecular complexity index is 993. The molecule has 2 heteroatoms. The fraction of sp³-hybridized carbons (Fsp3) is 0.143. The first-order valence-corrected chi connectivity index (χ1v) is 10.2. The van der Waals surface area contributed by atoms with Gasteiger partial charge in [-0.1, -0.05) is 90.5 Å². The lowest BCUT2D eigenvalue weighted by molar-refractivity contribution is 0.306. The van der Waals surface area contributed by atoms with E-state index < -0.39 is 0 Å². The molecule has 0 aliphatic rings. The van der Waals surface area contributed by atoms with Gasteiger partial charge in [-0.3, -0.25) is 0 Å². The van der Waals surface area contributed by atoms with Crippen molar-refractivity contribution in [2.75, 3.05) is 0 Å². The van der Waals surface area contributed by atoms with Crippen LogP contribution in [0.5, 0.6) is 11.5 Å². The lowest BCUT2D eigenvalue weighted by Crippen LogP contribution is -1.94. The standard InChI is InChI=1S/2C14H14O/c1-12-6-5-9-14(10-12)15-11-13-7-3-2-4-8-13;1-12-7-9-14(10-8-12)15-11-13-5-3-2-4-6-13/h2*2-10H,11H2,1H3. The molecule has 0 aliphatic heterocycles. The van der Waals surface area contributed by atoms with E-state index in [9.17, 15) is 0 Å². The summed E-state index contributed by atoms with van der Waals surface area (Å²) in [6.07, 6.45) is 0. The predicted octanol–water partition coefficient (Wildman–Crippen LogP) is 7.15. The molecule has 152 valence electrons. The van der Waals surface area contributed by atoms with Crippen molar-refractivity contribution in [1.29, 1.82) is 0 Å². The summed E-state index contributed by atoms with van der Waals surface area (Å²) < 4.78 is 11.3. The van der Waals surface area contributed by atoms with Crippen molar-refractivity contribution in [3.8, 4) is 11.5 Å². The van der Waals surface area contributed by atoms with Crippen molar-refractivity contribution in [3.63, 3.8) is 0 Å². The Morgan fingerprint density at radius 3 is 1.53 bits per heavy atom. The van der Waals surface area contributed by atoms with Crippen molar-refractivity contribution >= 4 is 0 Å². The SMILES string of the molecule is Cc1ccc(OCc2ccccc2)cc1.Cc1cccc(OCc2ccccc2)c1. The smallest absolute Gasteiger partial charge is 0.120 e. The van der Waals surface area contributed by atoms with E-state index in [2.05, 4.69) is 56.3 Å². The summed E-state index contributed by atoms with van der Waals surface area (Å²) in [5.41, 5.74) is 4.86. The van der Waals surface area contributed by atoms with Gasteiger partial charge in [0, 0.05) is 0 Å². The molecule has 0 saturated heterocycles. The van der Waals surface area contributed by atoms with Crippen LogP contribution >= 0.6 is 0 Å². The molecule has 0 N–H and O–H groups in total. The van der Waals surface area contributed by atoms with E-state index in [0.29, 0.717) is 13.2 Å². The highest BCUT2D eigenvalue weighted by atomic mass is 16.5. The van der Waals surface area contributed by atoms with Gasteiger partial charge in [0.2, 0.25) is 0 Å². The molecule has 0 radical (unpaired) electrons. The van der Waals surface area contributed by atoms with Crippen LogP contribution in [-0.4, -0.2) is 0 Å². The third-order valence-corrected chi connectivity index (χ3v) is 4.51.